The van der Waals surface area contributed by atoms with Crippen LogP contribution in [0.4, 0.5) is 4.79 Å². The molecule has 170 valence electrons. The summed E-state index contributed by atoms with van der Waals surface area (Å²) in [5.74, 6) is 1.78. The zero-order chi connectivity index (χ0) is 22.5. The zero-order valence-electron chi connectivity index (χ0n) is 18.4. The first-order chi connectivity index (χ1) is 15.6. The summed E-state index contributed by atoms with van der Waals surface area (Å²) in [6.45, 7) is 1.66. The lowest BCUT2D eigenvalue weighted by Crippen LogP contribution is -2.48. The van der Waals surface area contributed by atoms with Gasteiger partial charge in [0, 0.05) is 24.0 Å². The third kappa shape index (κ3) is 4.80. The summed E-state index contributed by atoms with van der Waals surface area (Å²) in [5, 5.41) is 0. The van der Waals surface area contributed by atoms with Crippen molar-refractivity contribution in [2.45, 2.75) is 29.8 Å². The number of benzene rings is 2. The molecule has 0 saturated carbocycles. The van der Waals surface area contributed by atoms with Gasteiger partial charge in [0.15, 0.2) is 11.5 Å². The van der Waals surface area contributed by atoms with Crippen molar-refractivity contribution in [1.29, 1.82) is 0 Å². The van der Waals surface area contributed by atoms with Crippen LogP contribution in [0.1, 0.15) is 24.4 Å². The highest BCUT2D eigenvalue weighted by Crippen LogP contribution is 2.34. The van der Waals surface area contributed by atoms with Crippen LogP contribution in [-0.4, -0.2) is 67.5 Å². The Kier molecular flexibility index (Phi) is 7.09. The monoisotopic (exact) mass is 456 g/mol. The van der Waals surface area contributed by atoms with Crippen molar-refractivity contribution in [3.63, 3.8) is 0 Å². The SMILES string of the molecule is COc1ccc(SCC(=O)N2CCC(N3C(=O)OC[C@H]3c3ccccc3)CC2)cc1OC. The predicted octanol–water partition coefficient (Wildman–Crippen LogP) is 3.98. The lowest BCUT2D eigenvalue weighted by molar-refractivity contribution is -0.129. The molecule has 4 rings (SSSR count). The average Bonchev–Trinajstić information content (AvgIpc) is 3.24. The molecule has 8 heteroatoms. The molecule has 0 aliphatic carbocycles. The van der Waals surface area contributed by atoms with Crippen molar-refractivity contribution in [3.05, 3.63) is 54.1 Å². The molecular weight excluding hydrogens is 428 g/mol. The van der Waals surface area contributed by atoms with Crippen LogP contribution in [0.5, 0.6) is 11.5 Å². The number of hydrogen-bond acceptors (Lipinski definition) is 6. The molecule has 2 aliphatic heterocycles. The van der Waals surface area contributed by atoms with Crippen molar-refractivity contribution in [2.24, 2.45) is 0 Å². The van der Waals surface area contributed by atoms with Gasteiger partial charge in [-0.25, -0.2) is 4.79 Å². The van der Waals surface area contributed by atoms with E-state index in [1.54, 1.807) is 14.2 Å². The molecule has 0 spiro atoms. The molecular formula is C24H28N2O5S. The second-order valence-corrected chi connectivity index (χ2v) is 8.88. The van der Waals surface area contributed by atoms with Crippen LogP contribution in [0.25, 0.3) is 0 Å². The highest BCUT2D eigenvalue weighted by Gasteiger charge is 2.40. The third-order valence-corrected chi connectivity index (χ3v) is 7.00. The number of piperidine rings is 1. The summed E-state index contributed by atoms with van der Waals surface area (Å²) in [7, 11) is 3.20. The Morgan fingerprint density at radius 1 is 1.06 bits per heavy atom. The van der Waals surface area contributed by atoms with E-state index in [2.05, 4.69) is 0 Å². The smallest absolute Gasteiger partial charge is 0.410 e. The Bertz CT molecular complexity index is 947. The van der Waals surface area contributed by atoms with Crippen LogP contribution in [-0.2, 0) is 9.53 Å². The van der Waals surface area contributed by atoms with E-state index in [1.807, 2.05) is 58.3 Å². The maximum atomic E-state index is 12.8. The molecule has 2 fully saturated rings. The lowest BCUT2D eigenvalue weighted by atomic mass is 9.99. The molecule has 2 saturated heterocycles. The van der Waals surface area contributed by atoms with Gasteiger partial charge < -0.3 is 19.1 Å². The largest absolute Gasteiger partial charge is 0.493 e. The number of cyclic esters (lactones) is 1. The van der Waals surface area contributed by atoms with E-state index in [0.29, 0.717) is 36.9 Å². The number of amides is 2. The first kappa shape index (κ1) is 22.3. The molecule has 32 heavy (non-hydrogen) atoms. The fourth-order valence-electron chi connectivity index (χ4n) is 4.30. The Hall–Kier alpha value is -2.87. The van der Waals surface area contributed by atoms with Crippen LogP contribution in [0.2, 0.25) is 0 Å². The van der Waals surface area contributed by atoms with Crippen LogP contribution in [0, 0.1) is 0 Å². The predicted molar refractivity (Wildman–Crippen MR) is 122 cm³/mol. The standard InChI is InChI=1S/C24H28N2O5S/c1-29-21-9-8-19(14-22(21)30-2)32-16-23(27)25-12-10-18(11-13-25)26-20(15-31-24(26)28)17-6-4-3-5-7-17/h3-9,14,18,20H,10-13,15-16H2,1-2H3/t20-/m0/s1. The van der Waals surface area contributed by atoms with Gasteiger partial charge in [0.25, 0.3) is 0 Å². The summed E-state index contributed by atoms with van der Waals surface area (Å²) in [5.41, 5.74) is 1.09. The van der Waals surface area contributed by atoms with Gasteiger partial charge in [-0.15, -0.1) is 11.8 Å². The van der Waals surface area contributed by atoms with E-state index in [4.69, 9.17) is 14.2 Å². The number of methoxy groups -OCH3 is 2. The molecule has 7 nitrogen and oxygen atoms in total. The molecule has 0 radical (unpaired) electrons. The molecule has 2 heterocycles. The van der Waals surface area contributed by atoms with Gasteiger partial charge in [0.1, 0.15) is 6.61 Å². The number of nitrogens with zero attached hydrogens (tertiary/aromatic N) is 2. The van der Waals surface area contributed by atoms with E-state index in [1.165, 1.54) is 11.8 Å². The maximum Gasteiger partial charge on any atom is 0.410 e. The van der Waals surface area contributed by atoms with Crippen molar-refractivity contribution in [2.75, 3.05) is 39.7 Å². The summed E-state index contributed by atoms with van der Waals surface area (Å²) < 4.78 is 16.0. The Morgan fingerprint density at radius 3 is 2.47 bits per heavy atom. The van der Waals surface area contributed by atoms with Gasteiger partial charge in [-0.2, -0.15) is 0 Å². The first-order valence-electron chi connectivity index (χ1n) is 10.7. The van der Waals surface area contributed by atoms with E-state index in [-0.39, 0.29) is 24.1 Å². The number of carbonyl (C=O) groups is 2. The van der Waals surface area contributed by atoms with Crippen LogP contribution < -0.4 is 9.47 Å². The second kappa shape index (κ2) is 10.2. The van der Waals surface area contributed by atoms with E-state index < -0.39 is 0 Å². The van der Waals surface area contributed by atoms with Crippen molar-refractivity contribution in [3.8, 4) is 11.5 Å². The zero-order valence-corrected chi connectivity index (χ0v) is 19.2. The van der Waals surface area contributed by atoms with Crippen molar-refractivity contribution in [1.82, 2.24) is 9.80 Å². The number of carbonyl (C=O) groups excluding carboxylic acids is 2. The number of ether oxygens (including phenoxy) is 3. The highest BCUT2D eigenvalue weighted by atomic mass is 32.2. The van der Waals surface area contributed by atoms with Gasteiger partial charge in [0.05, 0.1) is 26.0 Å². The van der Waals surface area contributed by atoms with E-state index in [9.17, 15) is 9.59 Å². The average molecular weight is 457 g/mol. The van der Waals surface area contributed by atoms with Gasteiger partial charge in [0.2, 0.25) is 5.91 Å². The first-order valence-corrected chi connectivity index (χ1v) is 11.7. The quantitative estimate of drug-likeness (QED) is 0.587. The van der Waals surface area contributed by atoms with Crippen molar-refractivity contribution < 1.29 is 23.8 Å². The molecule has 0 N–H and O–H groups in total. The number of hydrogen-bond donors (Lipinski definition) is 0. The molecule has 1 atom stereocenters. The minimum absolute atomic E-state index is 0.0587. The summed E-state index contributed by atoms with van der Waals surface area (Å²) in [6, 6.07) is 15.7. The Labute approximate surface area is 192 Å². The van der Waals surface area contributed by atoms with E-state index >= 15 is 0 Å². The number of rotatable bonds is 7. The third-order valence-electron chi connectivity index (χ3n) is 6.02. The second-order valence-electron chi connectivity index (χ2n) is 7.83. The molecule has 0 bridgehead atoms. The van der Waals surface area contributed by atoms with Gasteiger partial charge in [-0.1, -0.05) is 30.3 Å². The van der Waals surface area contributed by atoms with E-state index in [0.717, 1.165) is 23.3 Å². The topological polar surface area (TPSA) is 68.3 Å². The Balaban J connectivity index is 1.31. The minimum Gasteiger partial charge on any atom is -0.493 e. The molecule has 2 aromatic rings. The van der Waals surface area contributed by atoms with Gasteiger partial charge >= 0.3 is 6.09 Å². The Morgan fingerprint density at radius 2 is 1.78 bits per heavy atom. The molecule has 2 aliphatic rings. The van der Waals surface area contributed by atoms with Gasteiger partial charge in [-0.3, -0.25) is 9.69 Å². The number of thioether (sulfide) groups is 1. The lowest BCUT2D eigenvalue weighted by Gasteiger charge is -2.38. The molecule has 0 unspecified atom stereocenters. The molecule has 2 aromatic carbocycles. The van der Waals surface area contributed by atoms with Crippen LogP contribution in [0.15, 0.2) is 53.4 Å². The highest BCUT2D eigenvalue weighted by molar-refractivity contribution is 8.00. The normalized spacial score (nSPS) is 19.1. The fourth-order valence-corrected chi connectivity index (χ4v) is 5.13. The fraction of sp³-hybridized carbons (Fsp3) is 0.417. The van der Waals surface area contributed by atoms with Gasteiger partial charge in [-0.05, 0) is 36.6 Å². The summed E-state index contributed by atoms with van der Waals surface area (Å²) in [6.07, 6.45) is 1.25. The number of likely N-dealkylation sites (tertiary alicyclic amines) is 1. The minimum atomic E-state index is -0.257. The van der Waals surface area contributed by atoms with Crippen molar-refractivity contribution >= 4 is 23.8 Å². The molecule has 2 amide bonds. The van der Waals surface area contributed by atoms with Crippen LogP contribution in [0.3, 0.4) is 0 Å². The van der Waals surface area contributed by atoms with Crippen LogP contribution >= 0.6 is 11.8 Å². The summed E-state index contributed by atoms with van der Waals surface area (Å²) in [4.78, 5) is 29.9. The summed E-state index contributed by atoms with van der Waals surface area (Å²) >= 11 is 1.48. The maximum absolute atomic E-state index is 12.8. The molecule has 0 aromatic heterocycles.